The highest BCUT2D eigenvalue weighted by molar-refractivity contribution is 7.85. The quantitative estimate of drug-likeness (QED) is 0.561. The van der Waals surface area contributed by atoms with E-state index >= 15 is 0 Å². The van der Waals surface area contributed by atoms with E-state index in [0.717, 1.165) is 19.3 Å². The fourth-order valence-electron chi connectivity index (χ4n) is 1.48. The summed E-state index contributed by atoms with van der Waals surface area (Å²) in [6, 6.07) is 4.71. The zero-order chi connectivity index (χ0) is 13.5. The van der Waals surface area contributed by atoms with Crippen LogP contribution >= 0.6 is 23.2 Å². The van der Waals surface area contributed by atoms with Crippen molar-refractivity contribution in [3.05, 3.63) is 33.8 Å². The van der Waals surface area contributed by atoms with Gasteiger partial charge in [0.2, 0.25) is 0 Å². The summed E-state index contributed by atoms with van der Waals surface area (Å²) in [6.07, 6.45) is 3.03. The minimum Gasteiger partial charge on any atom is -0.293 e. The van der Waals surface area contributed by atoms with Crippen LogP contribution < -0.4 is 0 Å². The van der Waals surface area contributed by atoms with Crippen molar-refractivity contribution in [1.29, 1.82) is 0 Å². The highest BCUT2D eigenvalue weighted by Gasteiger charge is 2.11. The molecule has 18 heavy (non-hydrogen) atoms. The van der Waals surface area contributed by atoms with E-state index in [1.807, 2.05) is 0 Å². The molecule has 0 aliphatic carbocycles. The molecule has 0 fully saturated rings. The molecule has 5 heteroatoms. The number of ketones is 1. The van der Waals surface area contributed by atoms with Gasteiger partial charge in [-0.3, -0.25) is 9.00 Å². The van der Waals surface area contributed by atoms with Gasteiger partial charge in [0.15, 0.2) is 5.78 Å². The second kappa shape index (κ2) is 7.93. The van der Waals surface area contributed by atoms with Gasteiger partial charge in [0.05, 0.1) is 15.8 Å². The predicted molar refractivity (Wildman–Crippen MR) is 78.2 cm³/mol. The lowest BCUT2D eigenvalue weighted by molar-refractivity contribution is 0.102. The van der Waals surface area contributed by atoms with Crippen LogP contribution in [0.15, 0.2) is 18.2 Å². The Morgan fingerprint density at radius 3 is 2.56 bits per heavy atom. The van der Waals surface area contributed by atoms with Crippen molar-refractivity contribution in [1.82, 2.24) is 0 Å². The molecule has 1 aromatic carbocycles. The lowest BCUT2D eigenvalue weighted by atomic mass is 10.1. The van der Waals surface area contributed by atoms with Gasteiger partial charge in [-0.2, -0.15) is 0 Å². The van der Waals surface area contributed by atoms with Crippen LogP contribution in [0.2, 0.25) is 10.0 Å². The van der Waals surface area contributed by atoms with E-state index in [1.54, 1.807) is 12.1 Å². The first-order valence-corrected chi connectivity index (χ1v) is 8.12. The number of hydrogen-bond acceptors (Lipinski definition) is 2. The van der Waals surface area contributed by atoms with E-state index in [1.165, 1.54) is 6.07 Å². The summed E-state index contributed by atoms with van der Waals surface area (Å²) >= 11 is 11.6. The largest absolute Gasteiger partial charge is 0.293 e. The van der Waals surface area contributed by atoms with E-state index in [0.29, 0.717) is 21.4 Å². The summed E-state index contributed by atoms with van der Waals surface area (Å²) < 4.78 is 11.7. The summed E-state index contributed by atoms with van der Waals surface area (Å²) in [4.78, 5) is 11.9. The van der Waals surface area contributed by atoms with Gasteiger partial charge in [0.25, 0.3) is 0 Å². The van der Waals surface area contributed by atoms with Crippen LogP contribution in [-0.2, 0) is 10.8 Å². The molecule has 1 atom stereocenters. The number of unbranched alkanes of at least 4 members (excludes halogenated alkanes) is 2. The second-order valence-corrected chi connectivity index (χ2v) is 6.44. The third kappa shape index (κ3) is 5.09. The van der Waals surface area contributed by atoms with E-state index in [-0.39, 0.29) is 11.5 Å². The van der Waals surface area contributed by atoms with Gasteiger partial charge in [-0.15, -0.1) is 0 Å². The van der Waals surface area contributed by atoms with Crippen molar-refractivity contribution < 1.29 is 9.00 Å². The molecule has 0 bridgehead atoms. The monoisotopic (exact) mass is 306 g/mol. The molecule has 0 aromatic heterocycles. The summed E-state index contributed by atoms with van der Waals surface area (Å²) in [6.45, 7) is 2.09. The Morgan fingerprint density at radius 1 is 1.22 bits per heavy atom. The lowest BCUT2D eigenvalue weighted by Gasteiger charge is -2.03. The number of Topliss-reactive ketones (excluding diaryl/α,β-unsaturated/α-hetero) is 1. The third-order valence-corrected chi connectivity index (χ3v) is 4.58. The minimum absolute atomic E-state index is 0.0572. The van der Waals surface area contributed by atoms with Gasteiger partial charge in [-0.1, -0.05) is 43.0 Å². The molecule has 1 unspecified atom stereocenters. The molecule has 0 heterocycles. The second-order valence-electron chi connectivity index (χ2n) is 4.05. The number of carbonyl (C=O) groups is 1. The first-order valence-electron chi connectivity index (χ1n) is 5.87. The summed E-state index contributed by atoms with van der Waals surface area (Å²) in [5.41, 5.74) is 0.466. The third-order valence-electron chi connectivity index (χ3n) is 2.51. The molecule has 1 aromatic rings. The van der Waals surface area contributed by atoms with Crippen molar-refractivity contribution in [3.63, 3.8) is 0 Å². The number of hydrogen-bond donors (Lipinski definition) is 0. The molecule has 0 saturated carbocycles. The molecule has 1 rings (SSSR count). The lowest BCUT2D eigenvalue weighted by Crippen LogP contribution is -2.13. The summed E-state index contributed by atoms with van der Waals surface area (Å²) in [7, 11) is -1.09. The smallest absolute Gasteiger partial charge is 0.175 e. The van der Waals surface area contributed by atoms with Crippen molar-refractivity contribution in [2.75, 3.05) is 11.5 Å². The molecule has 0 aliphatic rings. The van der Waals surface area contributed by atoms with Gasteiger partial charge < -0.3 is 0 Å². The first-order chi connectivity index (χ1) is 8.54. The van der Waals surface area contributed by atoms with Crippen LogP contribution in [0.3, 0.4) is 0 Å². The Hall–Kier alpha value is -0.380. The van der Waals surface area contributed by atoms with Crippen LogP contribution in [0.4, 0.5) is 0 Å². The zero-order valence-electron chi connectivity index (χ0n) is 10.2. The van der Waals surface area contributed by atoms with Crippen LogP contribution in [0, 0.1) is 0 Å². The van der Waals surface area contributed by atoms with Crippen molar-refractivity contribution in [3.8, 4) is 0 Å². The normalized spacial score (nSPS) is 12.4. The van der Waals surface area contributed by atoms with Crippen LogP contribution in [0.25, 0.3) is 0 Å². The van der Waals surface area contributed by atoms with Gasteiger partial charge in [-0.25, -0.2) is 0 Å². The Labute approximate surface area is 120 Å². The predicted octanol–water partition coefficient (Wildman–Crippen LogP) is 4.12. The average Bonchev–Trinajstić information content (AvgIpc) is 2.33. The number of halogens is 2. The topological polar surface area (TPSA) is 34.1 Å². The van der Waals surface area contributed by atoms with Crippen molar-refractivity contribution in [2.45, 2.75) is 26.2 Å². The molecule has 0 aliphatic heterocycles. The van der Waals surface area contributed by atoms with Gasteiger partial charge in [0.1, 0.15) is 0 Å². The molecule has 0 amide bonds. The maximum absolute atomic E-state index is 11.9. The molecule has 2 nitrogen and oxygen atoms in total. The highest BCUT2D eigenvalue weighted by Crippen LogP contribution is 2.22. The fraction of sp³-hybridized carbons (Fsp3) is 0.462. The Morgan fingerprint density at radius 2 is 1.94 bits per heavy atom. The standard InChI is InChI=1S/C13H16Cl2O2S/c1-2-3-4-7-18(17)9-13(16)10-5-6-11(14)12(15)8-10/h5-6,8H,2-4,7,9H2,1H3. The van der Waals surface area contributed by atoms with Crippen LogP contribution in [-0.4, -0.2) is 21.5 Å². The molecule has 0 radical (unpaired) electrons. The molecule has 0 N–H and O–H groups in total. The van der Waals surface area contributed by atoms with Crippen LogP contribution in [0.5, 0.6) is 0 Å². The Bertz CT molecular complexity index is 447. The molecule has 0 saturated heterocycles. The maximum atomic E-state index is 11.9. The average molecular weight is 307 g/mol. The number of benzene rings is 1. The van der Waals surface area contributed by atoms with E-state index in [4.69, 9.17) is 23.2 Å². The summed E-state index contributed by atoms with van der Waals surface area (Å²) in [5, 5.41) is 0.761. The highest BCUT2D eigenvalue weighted by atomic mass is 35.5. The fourth-order valence-corrected chi connectivity index (χ4v) is 2.91. The molecule has 0 spiro atoms. The van der Waals surface area contributed by atoms with Crippen molar-refractivity contribution in [2.24, 2.45) is 0 Å². The summed E-state index contributed by atoms with van der Waals surface area (Å²) in [5.74, 6) is 0.492. The van der Waals surface area contributed by atoms with Crippen molar-refractivity contribution >= 4 is 39.8 Å². The Balaban J connectivity index is 2.54. The molecule has 100 valence electrons. The number of rotatable bonds is 7. The van der Waals surface area contributed by atoms with Gasteiger partial charge >= 0.3 is 0 Å². The van der Waals surface area contributed by atoms with Gasteiger partial charge in [-0.05, 0) is 24.6 Å². The van der Waals surface area contributed by atoms with E-state index in [2.05, 4.69) is 6.92 Å². The number of carbonyl (C=O) groups excluding carboxylic acids is 1. The minimum atomic E-state index is -1.09. The van der Waals surface area contributed by atoms with Crippen LogP contribution in [0.1, 0.15) is 36.5 Å². The SMILES string of the molecule is CCCCCS(=O)CC(=O)c1ccc(Cl)c(Cl)c1. The molecular weight excluding hydrogens is 291 g/mol. The Kier molecular flexibility index (Phi) is 6.90. The van der Waals surface area contributed by atoms with Gasteiger partial charge in [0, 0.05) is 22.1 Å². The zero-order valence-corrected chi connectivity index (χ0v) is 12.6. The molecular formula is C13H16Cl2O2S. The van der Waals surface area contributed by atoms with E-state index < -0.39 is 10.8 Å². The maximum Gasteiger partial charge on any atom is 0.175 e. The van der Waals surface area contributed by atoms with E-state index in [9.17, 15) is 9.00 Å². The first kappa shape index (κ1) is 15.7.